The molecule has 1 aliphatic rings. The normalized spacial score (nSPS) is 15.5. The van der Waals surface area contributed by atoms with Gasteiger partial charge in [0.1, 0.15) is 23.3 Å². The zero-order valence-electron chi connectivity index (χ0n) is 18.8. The minimum Gasteiger partial charge on any atom is -0.349 e. The van der Waals surface area contributed by atoms with E-state index in [1.807, 2.05) is 26.0 Å². The van der Waals surface area contributed by atoms with Crippen molar-refractivity contribution in [2.24, 2.45) is 0 Å². The van der Waals surface area contributed by atoms with Crippen molar-refractivity contribution in [2.75, 3.05) is 26.2 Å². The zero-order chi connectivity index (χ0) is 24.3. The summed E-state index contributed by atoms with van der Waals surface area (Å²) in [5.41, 5.74) is 2.72. The fraction of sp³-hybridized carbons (Fsp3) is 0.391. The van der Waals surface area contributed by atoms with Crippen LogP contribution in [0.15, 0.2) is 34.7 Å². The van der Waals surface area contributed by atoms with Gasteiger partial charge in [0.2, 0.25) is 10.0 Å². The summed E-state index contributed by atoms with van der Waals surface area (Å²) in [5.74, 6) is -2.83. The van der Waals surface area contributed by atoms with Gasteiger partial charge in [0.05, 0.1) is 0 Å². The van der Waals surface area contributed by atoms with Crippen molar-refractivity contribution in [3.63, 3.8) is 0 Å². The second-order valence-corrected chi connectivity index (χ2v) is 9.77. The molecule has 0 bridgehead atoms. The molecule has 2 heterocycles. The number of nitriles is 1. The number of hydrogen-bond donors (Lipinski definition) is 0. The Kier molecular flexibility index (Phi) is 7.34. The summed E-state index contributed by atoms with van der Waals surface area (Å²) in [6.07, 6.45) is 2.50. The van der Waals surface area contributed by atoms with Gasteiger partial charge in [-0.3, -0.25) is 4.79 Å². The van der Waals surface area contributed by atoms with Gasteiger partial charge in [-0.25, -0.2) is 17.2 Å². The second kappa shape index (κ2) is 9.85. The third-order valence-electron chi connectivity index (χ3n) is 5.75. The molecule has 176 valence electrons. The fourth-order valence-electron chi connectivity index (χ4n) is 4.00. The topological polar surface area (TPSA) is 86.4 Å². The van der Waals surface area contributed by atoms with Crippen LogP contribution in [-0.4, -0.2) is 54.3 Å². The van der Waals surface area contributed by atoms with E-state index in [1.54, 1.807) is 6.08 Å². The first-order valence-electron chi connectivity index (χ1n) is 10.6. The SMILES string of the molecule is CCCn1c(C)cc(/C=C(\C#N)C(=O)N2CCN(S(=O)(=O)c3c(F)cccc3F)CC2)c1C. The molecule has 0 spiro atoms. The Morgan fingerprint density at radius 2 is 1.76 bits per heavy atom. The van der Waals surface area contributed by atoms with Gasteiger partial charge in [-0.2, -0.15) is 9.57 Å². The van der Waals surface area contributed by atoms with Crippen molar-refractivity contribution in [1.82, 2.24) is 13.8 Å². The highest BCUT2D eigenvalue weighted by Gasteiger charge is 2.34. The molecule has 0 saturated carbocycles. The number of nitrogens with zero attached hydrogens (tertiary/aromatic N) is 4. The summed E-state index contributed by atoms with van der Waals surface area (Å²) in [6, 6.07) is 6.73. The monoisotopic (exact) mass is 476 g/mol. The van der Waals surface area contributed by atoms with Crippen LogP contribution >= 0.6 is 0 Å². The lowest BCUT2D eigenvalue weighted by Gasteiger charge is -2.34. The lowest BCUT2D eigenvalue weighted by molar-refractivity contribution is -0.127. The minimum absolute atomic E-state index is 0.00200. The van der Waals surface area contributed by atoms with Crippen LogP contribution < -0.4 is 0 Å². The van der Waals surface area contributed by atoms with Gasteiger partial charge in [0.25, 0.3) is 5.91 Å². The van der Waals surface area contributed by atoms with E-state index in [1.165, 1.54) is 4.90 Å². The van der Waals surface area contributed by atoms with Gasteiger partial charge in [0.15, 0.2) is 4.90 Å². The number of halogens is 2. The number of benzene rings is 1. The average Bonchev–Trinajstić information content (AvgIpc) is 3.04. The molecule has 1 aromatic carbocycles. The molecule has 1 aromatic heterocycles. The molecule has 1 amide bonds. The van der Waals surface area contributed by atoms with Crippen LogP contribution in [0.3, 0.4) is 0 Å². The molecule has 1 aliphatic heterocycles. The van der Waals surface area contributed by atoms with E-state index >= 15 is 0 Å². The molecule has 0 unspecified atom stereocenters. The maximum atomic E-state index is 14.0. The summed E-state index contributed by atoms with van der Waals surface area (Å²) < 4.78 is 56.6. The highest BCUT2D eigenvalue weighted by atomic mass is 32.2. The van der Waals surface area contributed by atoms with E-state index in [2.05, 4.69) is 11.5 Å². The number of carbonyl (C=O) groups excluding carboxylic acids is 1. The van der Waals surface area contributed by atoms with Gasteiger partial charge in [-0.1, -0.05) is 13.0 Å². The van der Waals surface area contributed by atoms with Crippen molar-refractivity contribution in [1.29, 1.82) is 5.26 Å². The number of sulfonamides is 1. The van der Waals surface area contributed by atoms with Gasteiger partial charge in [-0.05, 0) is 50.1 Å². The molecule has 0 radical (unpaired) electrons. The molecular formula is C23H26F2N4O3S. The van der Waals surface area contributed by atoms with Gasteiger partial charge in [0, 0.05) is 44.1 Å². The number of aromatic nitrogens is 1. The smallest absolute Gasteiger partial charge is 0.264 e. The number of hydrogen-bond acceptors (Lipinski definition) is 4. The first-order chi connectivity index (χ1) is 15.6. The van der Waals surface area contributed by atoms with Crippen molar-refractivity contribution in [2.45, 2.75) is 38.6 Å². The van der Waals surface area contributed by atoms with Gasteiger partial charge < -0.3 is 9.47 Å². The fourth-order valence-corrected chi connectivity index (χ4v) is 5.53. The molecule has 3 rings (SSSR count). The highest BCUT2D eigenvalue weighted by Crippen LogP contribution is 2.24. The Labute approximate surface area is 192 Å². The Morgan fingerprint density at radius 1 is 1.15 bits per heavy atom. The number of amides is 1. The van der Waals surface area contributed by atoms with E-state index in [0.717, 1.165) is 52.4 Å². The lowest BCUT2D eigenvalue weighted by atomic mass is 10.1. The highest BCUT2D eigenvalue weighted by molar-refractivity contribution is 7.89. The predicted octanol–water partition coefficient (Wildman–Crippen LogP) is 3.23. The maximum absolute atomic E-state index is 14.0. The molecule has 1 saturated heterocycles. The first kappa shape index (κ1) is 24.6. The number of aryl methyl sites for hydroxylation is 1. The molecule has 1 fully saturated rings. The summed E-state index contributed by atoms with van der Waals surface area (Å²) in [7, 11) is -4.40. The molecule has 2 aromatic rings. The Balaban J connectivity index is 1.76. The molecule has 0 aliphatic carbocycles. The average molecular weight is 477 g/mol. The molecular weight excluding hydrogens is 450 g/mol. The third-order valence-corrected chi connectivity index (χ3v) is 7.70. The first-order valence-corrected chi connectivity index (χ1v) is 12.1. The van der Waals surface area contributed by atoms with E-state index in [-0.39, 0.29) is 31.8 Å². The van der Waals surface area contributed by atoms with Crippen molar-refractivity contribution < 1.29 is 22.0 Å². The molecule has 33 heavy (non-hydrogen) atoms. The summed E-state index contributed by atoms with van der Waals surface area (Å²) in [4.78, 5) is 13.3. The summed E-state index contributed by atoms with van der Waals surface area (Å²) in [5, 5.41) is 9.59. The van der Waals surface area contributed by atoms with Gasteiger partial charge in [-0.15, -0.1) is 0 Å². The molecule has 0 N–H and O–H groups in total. The predicted molar refractivity (Wildman–Crippen MR) is 119 cm³/mol. The van der Waals surface area contributed by atoms with Crippen molar-refractivity contribution in [3.8, 4) is 6.07 Å². The van der Waals surface area contributed by atoms with Crippen LogP contribution in [0, 0.1) is 36.8 Å². The number of carbonyl (C=O) groups is 1. The summed E-state index contributed by atoms with van der Waals surface area (Å²) >= 11 is 0. The second-order valence-electron chi connectivity index (χ2n) is 7.89. The largest absolute Gasteiger partial charge is 0.349 e. The molecule has 7 nitrogen and oxygen atoms in total. The maximum Gasteiger partial charge on any atom is 0.264 e. The van der Waals surface area contributed by atoms with Crippen LogP contribution in [0.4, 0.5) is 8.78 Å². The van der Waals surface area contributed by atoms with Crippen LogP contribution in [-0.2, 0) is 21.4 Å². The summed E-state index contributed by atoms with van der Waals surface area (Å²) in [6.45, 7) is 6.53. The number of rotatable bonds is 6. The quantitative estimate of drug-likeness (QED) is 0.473. The van der Waals surface area contributed by atoms with Crippen LogP contribution in [0.2, 0.25) is 0 Å². The number of piperazine rings is 1. The lowest BCUT2D eigenvalue weighted by Crippen LogP contribution is -2.51. The van der Waals surface area contributed by atoms with E-state index < -0.39 is 32.5 Å². The van der Waals surface area contributed by atoms with Crippen LogP contribution in [0.1, 0.15) is 30.3 Å². The van der Waals surface area contributed by atoms with Gasteiger partial charge >= 0.3 is 0 Å². The molecule has 0 atom stereocenters. The third kappa shape index (κ3) is 4.84. The minimum atomic E-state index is -4.40. The van der Waals surface area contributed by atoms with Crippen LogP contribution in [0.25, 0.3) is 6.08 Å². The van der Waals surface area contributed by atoms with E-state index in [9.17, 15) is 27.3 Å². The van der Waals surface area contributed by atoms with Crippen molar-refractivity contribution in [3.05, 3.63) is 58.4 Å². The van der Waals surface area contributed by atoms with E-state index in [0.29, 0.717) is 0 Å². The Morgan fingerprint density at radius 3 is 2.30 bits per heavy atom. The van der Waals surface area contributed by atoms with Crippen LogP contribution in [0.5, 0.6) is 0 Å². The van der Waals surface area contributed by atoms with E-state index in [4.69, 9.17) is 0 Å². The molecule has 10 heteroatoms. The van der Waals surface area contributed by atoms with Crippen molar-refractivity contribution >= 4 is 22.0 Å². The Bertz CT molecular complexity index is 1220. The zero-order valence-corrected chi connectivity index (χ0v) is 19.6. The Hall–Kier alpha value is -3.03. The standard InChI is InChI=1S/C23H26F2N4O3S/c1-4-8-29-16(2)13-18(17(29)3)14-19(15-26)23(30)27-9-11-28(12-10-27)33(31,32)22-20(24)6-5-7-21(22)25/h5-7,13-14H,4,8-12H2,1-3H3/b19-14+.